The number of carbonyl (C=O) groups excluding carboxylic acids is 2. The number of benzene rings is 2. The van der Waals surface area contributed by atoms with Crippen molar-refractivity contribution in [3.05, 3.63) is 83.3 Å². The van der Waals surface area contributed by atoms with Gasteiger partial charge in [-0.3, -0.25) is 9.59 Å². The maximum Gasteiger partial charge on any atom is 0.307 e. The molecule has 0 radical (unpaired) electrons. The topological polar surface area (TPSA) is 103 Å². The predicted octanol–water partition coefficient (Wildman–Crippen LogP) is 2.94. The molecule has 170 valence electrons. The van der Waals surface area contributed by atoms with E-state index >= 15 is 0 Å². The van der Waals surface area contributed by atoms with Crippen molar-refractivity contribution in [3.8, 4) is 0 Å². The van der Waals surface area contributed by atoms with E-state index in [1.54, 1.807) is 0 Å². The monoisotopic (exact) mass is 446 g/mol. The molecule has 9 heteroatoms. The minimum atomic E-state index is -0.570. The lowest BCUT2D eigenvalue weighted by Gasteiger charge is -2.11. The molecule has 0 aliphatic carbocycles. The molecule has 2 N–H and O–H groups in total. The second-order valence-corrected chi connectivity index (χ2v) is 7.53. The van der Waals surface area contributed by atoms with Gasteiger partial charge < -0.3 is 14.2 Å². The number of furan rings is 1. The van der Waals surface area contributed by atoms with Crippen LogP contribution in [0.5, 0.6) is 0 Å². The normalized spacial score (nSPS) is 11.0. The third-order valence-corrected chi connectivity index (χ3v) is 4.63. The largest absolute Gasteiger partial charge is 0.446 e. The van der Waals surface area contributed by atoms with E-state index in [4.69, 9.17) is 4.42 Å². The van der Waals surface area contributed by atoms with Crippen LogP contribution < -0.4 is 20.7 Å². The van der Waals surface area contributed by atoms with Crippen LogP contribution in [-0.4, -0.2) is 52.4 Å². The molecule has 33 heavy (non-hydrogen) atoms. The van der Waals surface area contributed by atoms with E-state index in [-0.39, 0.29) is 11.5 Å². The lowest BCUT2D eigenvalue weighted by atomic mass is 10.2. The van der Waals surface area contributed by atoms with Gasteiger partial charge in [0, 0.05) is 39.6 Å². The molecular formula is C24H26N6O3. The fourth-order valence-corrected chi connectivity index (χ4v) is 2.74. The maximum absolute atomic E-state index is 12.2. The summed E-state index contributed by atoms with van der Waals surface area (Å²) in [7, 11) is 7.82. The zero-order valence-electron chi connectivity index (χ0n) is 18.9. The molecule has 0 saturated carbocycles. The summed E-state index contributed by atoms with van der Waals surface area (Å²) >= 11 is 0. The fourth-order valence-electron chi connectivity index (χ4n) is 2.74. The number of rotatable bonds is 8. The molecule has 3 aromatic rings. The summed E-state index contributed by atoms with van der Waals surface area (Å²) in [5.74, 6) is -1.22. The van der Waals surface area contributed by atoms with Crippen LogP contribution in [0, 0.1) is 0 Å². The van der Waals surface area contributed by atoms with Crippen LogP contribution in [0.15, 0.2) is 75.3 Å². The van der Waals surface area contributed by atoms with Crippen molar-refractivity contribution in [3.63, 3.8) is 0 Å². The first-order chi connectivity index (χ1) is 15.8. The Morgan fingerprint density at radius 1 is 0.667 bits per heavy atom. The molecule has 0 spiro atoms. The van der Waals surface area contributed by atoms with Crippen LogP contribution in [0.3, 0.4) is 0 Å². The second kappa shape index (κ2) is 10.8. The van der Waals surface area contributed by atoms with Gasteiger partial charge in [-0.25, -0.2) is 10.9 Å². The van der Waals surface area contributed by atoms with Gasteiger partial charge in [0.05, 0.1) is 12.4 Å². The number of hydrogen-bond donors (Lipinski definition) is 2. The van der Waals surface area contributed by atoms with Crippen molar-refractivity contribution < 1.29 is 14.0 Å². The van der Waals surface area contributed by atoms with Gasteiger partial charge in [-0.15, -0.1) is 0 Å². The molecule has 2 aromatic carbocycles. The molecule has 1 heterocycles. The van der Waals surface area contributed by atoms with Gasteiger partial charge in [0.15, 0.2) is 11.5 Å². The molecule has 0 fully saturated rings. The third-order valence-electron chi connectivity index (χ3n) is 4.63. The summed E-state index contributed by atoms with van der Waals surface area (Å²) < 4.78 is 5.31. The van der Waals surface area contributed by atoms with E-state index in [0.29, 0.717) is 0 Å². The van der Waals surface area contributed by atoms with Crippen LogP contribution in [0.4, 0.5) is 11.4 Å². The van der Waals surface area contributed by atoms with Crippen molar-refractivity contribution in [1.29, 1.82) is 0 Å². The summed E-state index contributed by atoms with van der Waals surface area (Å²) in [5, 5.41) is 7.84. The first-order valence-electron chi connectivity index (χ1n) is 10.1. The minimum Gasteiger partial charge on any atom is -0.446 e. The maximum atomic E-state index is 12.2. The minimum absolute atomic E-state index is 0.0384. The van der Waals surface area contributed by atoms with Crippen molar-refractivity contribution in [2.24, 2.45) is 10.2 Å². The number of nitrogens with one attached hydrogen (secondary N) is 2. The molecule has 3 rings (SSSR count). The third kappa shape index (κ3) is 6.54. The Morgan fingerprint density at radius 3 is 1.36 bits per heavy atom. The molecule has 0 aliphatic heterocycles. The van der Waals surface area contributed by atoms with E-state index in [2.05, 4.69) is 21.1 Å². The molecule has 0 unspecified atom stereocenters. The van der Waals surface area contributed by atoms with Gasteiger partial charge in [-0.1, -0.05) is 24.3 Å². The average molecular weight is 447 g/mol. The van der Waals surface area contributed by atoms with E-state index in [1.807, 2.05) is 86.5 Å². The number of anilines is 2. The van der Waals surface area contributed by atoms with Gasteiger partial charge in [-0.05, 0) is 47.5 Å². The Bertz CT molecular complexity index is 1060. The Kier molecular flexibility index (Phi) is 7.59. The molecule has 2 amide bonds. The Morgan fingerprint density at radius 2 is 1.03 bits per heavy atom. The van der Waals surface area contributed by atoms with E-state index in [0.717, 1.165) is 22.5 Å². The number of carbonyl (C=O) groups is 2. The van der Waals surface area contributed by atoms with Crippen LogP contribution in [0.1, 0.15) is 32.2 Å². The Hall–Kier alpha value is -4.40. The molecule has 0 atom stereocenters. The highest BCUT2D eigenvalue weighted by molar-refractivity contribution is 5.96. The lowest BCUT2D eigenvalue weighted by Crippen LogP contribution is -2.18. The Labute approximate surface area is 192 Å². The number of amides is 2. The first kappa shape index (κ1) is 23.3. The molecule has 1 aromatic heterocycles. The average Bonchev–Trinajstić information content (AvgIpc) is 3.30. The van der Waals surface area contributed by atoms with Gasteiger partial charge in [0.25, 0.3) is 0 Å². The molecule has 9 nitrogen and oxygen atoms in total. The molecule has 0 bridgehead atoms. The van der Waals surface area contributed by atoms with Gasteiger partial charge in [0.2, 0.25) is 0 Å². The summed E-state index contributed by atoms with van der Waals surface area (Å²) in [6.45, 7) is 0. The van der Waals surface area contributed by atoms with E-state index < -0.39 is 11.8 Å². The Balaban J connectivity index is 1.51. The zero-order valence-corrected chi connectivity index (χ0v) is 18.9. The van der Waals surface area contributed by atoms with Crippen LogP contribution in [0.25, 0.3) is 0 Å². The highest BCUT2D eigenvalue weighted by Gasteiger charge is 2.15. The van der Waals surface area contributed by atoms with Crippen molar-refractivity contribution in [1.82, 2.24) is 10.9 Å². The highest BCUT2D eigenvalue weighted by atomic mass is 16.4. The first-order valence-corrected chi connectivity index (χ1v) is 10.1. The summed E-state index contributed by atoms with van der Waals surface area (Å²) in [6, 6.07) is 18.1. The van der Waals surface area contributed by atoms with Crippen molar-refractivity contribution >= 4 is 35.6 Å². The van der Waals surface area contributed by atoms with E-state index in [9.17, 15) is 9.59 Å². The lowest BCUT2D eigenvalue weighted by molar-refractivity contribution is 0.0902. The van der Waals surface area contributed by atoms with Crippen LogP contribution >= 0.6 is 0 Å². The zero-order chi connectivity index (χ0) is 23.8. The quantitative estimate of drug-likeness (QED) is 0.409. The van der Waals surface area contributed by atoms with E-state index in [1.165, 1.54) is 24.6 Å². The molecule has 0 saturated heterocycles. The number of hydrogen-bond acceptors (Lipinski definition) is 7. The van der Waals surface area contributed by atoms with Gasteiger partial charge in [0.1, 0.15) is 0 Å². The van der Waals surface area contributed by atoms with Crippen LogP contribution in [0.2, 0.25) is 0 Å². The standard InChI is InChI=1S/C24H26N6O3/c1-29(2)19-9-5-17(6-10-19)15-25-27-23(31)21-13-14-22(33-21)24(32)28-26-16-18-7-11-20(12-8-18)30(3)4/h5-16H,1-4H3,(H,27,31)(H,28,32). The number of hydrazone groups is 2. The smallest absolute Gasteiger partial charge is 0.307 e. The fraction of sp³-hybridized carbons (Fsp3) is 0.167. The van der Waals surface area contributed by atoms with Crippen molar-refractivity contribution in [2.75, 3.05) is 38.0 Å². The molecule has 0 aliphatic rings. The molecular weight excluding hydrogens is 420 g/mol. The number of nitrogens with zero attached hydrogens (tertiary/aromatic N) is 4. The second-order valence-electron chi connectivity index (χ2n) is 7.53. The summed E-state index contributed by atoms with van der Waals surface area (Å²) in [5.41, 5.74) is 8.53. The van der Waals surface area contributed by atoms with Crippen LogP contribution in [-0.2, 0) is 0 Å². The van der Waals surface area contributed by atoms with Gasteiger partial charge >= 0.3 is 11.8 Å². The summed E-state index contributed by atoms with van der Waals surface area (Å²) in [4.78, 5) is 28.4. The predicted molar refractivity (Wildman–Crippen MR) is 130 cm³/mol. The summed E-state index contributed by atoms with van der Waals surface area (Å²) in [6.07, 6.45) is 3.04. The highest BCUT2D eigenvalue weighted by Crippen LogP contribution is 2.12. The van der Waals surface area contributed by atoms with Gasteiger partial charge in [-0.2, -0.15) is 10.2 Å². The SMILES string of the molecule is CN(C)c1ccc(C=NNC(=O)c2ccc(C(=O)NN=Cc3ccc(N(C)C)cc3)o2)cc1. The van der Waals surface area contributed by atoms with Crippen molar-refractivity contribution in [2.45, 2.75) is 0 Å².